The van der Waals surface area contributed by atoms with Gasteiger partial charge >= 0.3 is 0 Å². The third-order valence-corrected chi connectivity index (χ3v) is 8.08. The number of likely N-dealkylation sites (N-methyl/N-ethyl adjacent to an activating group) is 1. The SMILES string of the molecule is CCS(=O)(=O)Nc1ccc2c(c1)C(=O)N(C)[C@H]1CC[C@@H](CC(=O)N3CCCCC3)O[C@H]1CO2. The van der Waals surface area contributed by atoms with Gasteiger partial charge in [-0.15, -0.1) is 0 Å². The Labute approximate surface area is 195 Å². The van der Waals surface area contributed by atoms with Crippen LogP contribution in [0.1, 0.15) is 55.8 Å². The van der Waals surface area contributed by atoms with Crippen LogP contribution >= 0.6 is 0 Å². The lowest BCUT2D eigenvalue weighted by Gasteiger charge is -2.42. The van der Waals surface area contributed by atoms with Crippen LogP contribution in [-0.2, 0) is 19.6 Å². The van der Waals surface area contributed by atoms with Gasteiger partial charge in [0.2, 0.25) is 15.9 Å². The average molecular weight is 480 g/mol. The number of nitrogens with one attached hydrogen (secondary N) is 1. The topological polar surface area (TPSA) is 105 Å². The van der Waals surface area contributed by atoms with Crippen molar-refractivity contribution >= 4 is 27.5 Å². The lowest BCUT2D eigenvalue weighted by Crippen LogP contribution is -2.54. The highest BCUT2D eigenvalue weighted by atomic mass is 32.2. The van der Waals surface area contributed by atoms with Gasteiger partial charge in [0.05, 0.1) is 29.9 Å². The minimum atomic E-state index is -3.46. The maximum atomic E-state index is 13.2. The first-order chi connectivity index (χ1) is 15.8. The molecule has 1 aromatic carbocycles. The quantitative estimate of drug-likeness (QED) is 0.694. The summed E-state index contributed by atoms with van der Waals surface area (Å²) in [6.45, 7) is 3.45. The second-order valence-electron chi connectivity index (χ2n) is 9.03. The molecule has 9 nitrogen and oxygen atoms in total. The standard InChI is InChI=1S/C23H33N3O6S/c1-3-33(29,30)24-16-7-10-20-18(13-16)23(28)25(2)19-9-8-17(32-21(19)15-31-20)14-22(27)26-11-5-4-6-12-26/h7,10,13,17,19,21,24H,3-6,8-9,11-12,14-15H2,1-2H3/t17-,19-,21-/m0/s1. The molecular weight excluding hydrogens is 446 g/mol. The molecule has 182 valence electrons. The van der Waals surface area contributed by atoms with E-state index >= 15 is 0 Å². The molecular formula is C23H33N3O6S. The minimum absolute atomic E-state index is 0.0586. The summed E-state index contributed by atoms with van der Waals surface area (Å²) >= 11 is 0. The van der Waals surface area contributed by atoms with E-state index in [0.29, 0.717) is 36.3 Å². The van der Waals surface area contributed by atoms with E-state index in [1.807, 2.05) is 4.90 Å². The van der Waals surface area contributed by atoms with E-state index < -0.39 is 10.0 Å². The molecule has 4 rings (SSSR count). The van der Waals surface area contributed by atoms with Gasteiger partial charge in [0.1, 0.15) is 18.5 Å². The summed E-state index contributed by atoms with van der Waals surface area (Å²) in [4.78, 5) is 29.5. The van der Waals surface area contributed by atoms with Gasteiger partial charge in [0.25, 0.3) is 5.91 Å². The molecule has 0 aromatic heterocycles. The third-order valence-electron chi connectivity index (χ3n) is 6.78. The number of fused-ring (bicyclic) bond motifs is 2. The van der Waals surface area contributed by atoms with Crippen molar-refractivity contribution < 1.29 is 27.5 Å². The van der Waals surface area contributed by atoms with Gasteiger partial charge in [-0.1, -0.05) is 0 Å². The predicted molar refractivity (Wildman–Crippen MR) is 124 cm³/mol. The molecule has 10 heteroatoms. The monoisotopic (exact) mass is 479 g/mol. The van der Waals surface area contributed by atoms with Crippen LogP contribution in [-0.4, -0.2) is 80.8 Å². The van der Waals surface area contributed by atoms with E-state index in [9.17, 15) is 18.0 Å². The molecule has 33 heavy (non-hydrogen) atoms. The van der Waals surface area contributed by atoms with Gasteiger partial charge in [0.15, 0.2) is 0 Å². The Bertz CT molecular complexity index is 992. The zero-order valence-electron chi connectivity index (χ0n) is 19.3. The Hall–Kier alpha value is -2.33. The van der Waals surface area contributed by atoms with Crippen LogP contribution in [0, 0.1) is 0 Å². The maximum Gasteiger partial charge on any atom is 0.257 e. The number of nitrogens with zero attached hydrogens (tertiary/aromatic N) is 2. The maximum absolute atomic E-state index is 13.2. The summed E-state index contributed by atoms with van der Waals surface area (Å²) in [6.07, 6.45) is 4.55. The fourth-order valence-corrected chi connectivity index (χ4v) is 5.44. The number of amides is 2. The molecule has 3 aliphatic rings. The summed E-state index contributed by atoms with van der Waals surface area (Å²) in [5.41, 5.74) is 0.643. The number of rotatable bonds is 5. The molecule has 3 aliphatic heterocycles. The minimum Gasteiger partial charge on any atom is -0.490 e. The van der Waals surface area contributed by atoms with Gasteiger partial charge in [0, 0.05) is 25.8 Å². The molecule has 2 fully saturated rings. The van der Waals surface area contributed by atoms with E-state index in [1.54, 1.807) is 31.0 Å². The second-order valence-corrected chi connectivity index (χ2v) is 11.0. The first-order valence-electron chi connectivity index (χ1n) is 11.7. The number of hydrogen-bond acceptors (Lipinski definition) is 6. The van der Waals surface area contributed by atoms with Crippen LogP contribution in [0.3, 0.4) is 0 Å². The molecule has 2 saturated heterocycles. The first kappa shape index (κ1) is 23.8. The normalized spacial score (nSPS) is 25.9. The van der Waals surface area contributed by atoms with Crippen LogP contribution in [0.4, 0.5) is 5.69 Å². The van der Waals surface area contributed by atoms with E-state index in [2.05, 4.69) is 4.72 Å². The summed E-state index contributed by atoms with van der Waals surface area (Å²) in [7, 11) is -1.72. The predicted octanol–water partition coefficient (Wildman–Crippen LogP) is 2.23. The van der Waals surface area contributed by atoms with Gasteiger partial charge in [-0.25, -0.2) is 8.42 Å². The van der Waals surface area contributed by atoms with Crippen molar-refractivity contribution in [3.63, 3.8) is 0 Å². The molecule has 3 atom stereocenters. The molecule has 0 saturated carbocycles. The number of piperidine rings is 1. The molecule has 2 amide bonds. The zero-order chi connectivity index (χ0) is 23.6. The van der Waals surface area contributed by atoms with Crippen LogP contribution in [0.2, 0.25) is 0 Å². The zero-order valence-corrected chi connectivity index (χ0v) is 20.1. The number of likely N-dealkylation sites (tertiary alicyclic amines) is 1. The summed E-state index contributed by atoms with van der Waals surface area (Å²) < 4.78 is 38.5. The van der Waals surface area contributed by atoms with Crippen molar-refractivity contribution in [2.75, 3.05) is 37.2 Å². The Kier molecular flexibility index (Phi) is 7.13. The van der Waals surface area contributed by atoms with Crippen LogP contribution in [0.25, 0.3) is 0 Å². The second kappa shape index (κ2) is 9.89. The molecule has 3 heterocycles. The number of anilines is 1. The number of carbonyl (C=O) groups excluding carboxylic acids is 2. The van der Waals surface area contributed by atoms with E-state index in [-0.39, 0.29) is 42.4 Å². The Morgan fingerprint density at radius 1 is 1.18 bits per heavy atom. The van der Waals surface area contributed by atoms with Crippen molar-refractivity contribution in [2.45, 2.75) is 63.7 Å². The first-order valence-corrected chi connectivity index (χ1v) is 13.4. The molecule has 1 N–H and O–H groups in total. The van der Waals surface area contributed by atoms with Crippen molar-refractivity contribution in [3.8, 4) is 5.75 Å². The van der Waals surface area contributed by atoms with Crippen molar-refractivity contribution in [1.29, 1.82) is 0 Å². The van der Waals surface area contributed by atoms with E-state index in [0.717, 1.165) is 25.9 Å². The highest BCUT2D eigenvalue weighted by Crippen LogP contribution is 2.33. The van der Waals surface area contributed by atoms with Gasteiger partial charge in [-0.2, -0.15) is 0 Å². The molecule has 1 aromatic rings. The largest absolute Gasteiger partial charge is 0.490 e. The Morgan fingerprint density at radius 3 is 2.67 bits per heavy atom. The van der Waals surface area contributed by atoms with Crippen LogP contribution in [0.5, 0.6) is 5.75 Å². The average Bonchev–Trinajstić information content (AvgIpc) is 2.82. The smallest absolute Gasteiger partial charge is 0.257 e. The summed E-state index contributed by atoms with van der Waals surface area (Å²) in [5.74, 6) is 0.224. The van der Waals surface area contributed by atoms with E-state index in [4.69, 9.17) is 9.47 Å². The van der Waals surface area contributed by atoms with Gasteiger partial charge in [-0.3, -0.25) is 14.3 Å². The number of ether oxygens (including phenoxy) is 2. The summed E-state index contributed by atoms with van der Waals surface area (Å²) in [6, 6.07) is 4.53. The fraction of sp³-hybridized carbons (Fsp3) is 0.652. The lowest BCUT2D eigenvalue weighted by molar-refractivity contribution is -0.143. The van der Waals surface area contributed by atoms with Crippen molar-refractivity contribution in [2.24, 2.45) is 0 Å². The lowest BCUT2D eigenvalue weighted by atomic mass is 9.94. The Balaban J connectivity index is 1.46. The third kappa shape index (κ3) is 5.43. The Morgan fingerprint density at radius 2 is 1.94 bits per heavy atom. The molecule has 0 bridgehead atoms. The van der Waals surface area contributed by atoms with Crippen LogP contribution < -0.4 is 9.46 Å². The van der Waals surface area contributed by atoms with Gasteiger partial charge < -0.3 is 19.3 Å². The number of benzene rings is 1. The molecule has 0 unspecified atom stereocenters. The fourth-order valence-electron chi connectivity index (χ4n) is 4.81. The van der Waals surface area contributed by atoms with E-state index in [1.165, 1.54) is 12.5 Å². The molecule has 0 radical (unpaired) electrons. The van der Waals surface area contributed by atoms with Gasteiger partial charge in [-0.05, 0) is 57.2 Å². The number of hydrogen-bond donors (Lipinski definition) is 1. The summed E-state index contributed by atoms with van der Waals surface area (Å²) in [5, 5.41) is 0. The highest BCUT2D eigenvalue weighted by Gasteiger charge is 2.39. The molecule has 0 aliphatic carbocycles. The van der Waals surface area contributed by atoms with Crippen molar-refractivity contribution in [1.82, 2.24) is 9.80 Å². The number of sulfonamides is 1. The number of carbonyl (C=O) groups is 2. The molecule has 0 spiro atoms. The highest BCUT2D eigenvalue weighted by molar-refractivity contribution is 7.92. The van der Waals surface area contributed by atoms with Crippen molar-refractivity contribution in [3.05, 3.63) is 23.8 Å². The van der Waals surface area contributed by atoms with Crippen LogP contribution in [0.15, 0.2) is 18.2 Å².